The Bertz CT molecular complexity index is 745. The fourth-order valence-corrected chi connectivity index (χ4v) is 3.70. The Hall–Kier alpha value is -2.21. The first-order valence-electron chi connectivity index (χ1n) is 7.26. The molecule has 3 heterocycles. The van der Waals surface area contributed by atoms with Crippen molar-refractivity contribution < 1.29 is 4.39 Å². The van der Waals surface area contributed by atoms with Crippen molar-refractivity contribution in [2.24, 2.45) is 0 Å². The van der Waals surface area contributed by atoms with Crippen molar-refractivity contribution >= 4 is 32.4 Å². The number of hydrogen-bond donors (Lipinski definition) is 0. The molecular weight excluding hydrogens is 299 g/mol. The van der Waals surface area contributed by atoms with E-state index in [4.69, 9.17) is 0 Å². The summed E-state index contributed by atoms with van der Waals surface area (Å²) in [6.45, 7) is 3.68. The molecule has 0 N–H and O–H groups in total. The highest BCUT2D eigenvalue weighted by atomic mass is 32.1. The lowest BCUT2D eigenvalue weighted by Crippen LogP contribution is -2.46. The van der Waals surface area contributed by atoms with Crippen molar-refractivity contribution in [3.8, 4) is 0 Å². The minimum atomic E-state index is -0.189. The van der Waals surface area contributed by atoms with E-state index in [9.17, 15) is 4.39 Å². The summed E-state index contributed by atoms with van der Waals surface area (Å²) in [6, 6.07) is 8.72. The highest BCUT2D eigenvalue weighted by Gasteiger charge is 2.20. The van der Waals surface area contributed by atoms with Crippen LogP contribution < -0.4 is 9.80 Å². The van der Waals surface area contributed by atoms with Crippen LogP contribution in [0, 0.1) is 5.82 Å². The van der Waals surface area contributed by atoms with E-state index >= 15 is 0 Å². The molecule has 4 nitrogen and oxygen atoms in total. The first-order chi connectivity index (χ1) is 10.8. The van der Waals surface area contributed by atoms with Gasteiger partial charge in [-0.15, -0.1) is 0 Å². The largest absolute Gasteiger partial charge is 0.368 e. The van der Waals surface area contributed by atoms with Gasteiger partial charge < -0.3 is 9.80 Å². The molecule has 0 atom stereocenters. The van der Waals surface area contributed by atoms with E-state index in [1.807, 2.05) is 24.4 Å². The summed E-state index contributed by atoms with van der Waals surface area (Å²) in [7, 11) is 0. The molecule has 6 heteroatoms. The molecule has 4 rings (SSSR count). The maximum atomic E-state index is 13.0. The van der Waals surface area contributed by atoms with Crippen LogP contribution in [0.25, 0.3) is 10.2 Å². The zero-order chi connectivity index (χ0) is 14.9. The second-order valence-corrected chi connectivity index (χ2v) is 6.30. The molecule has 0 aliphatic carbocycles. The standard InChI is InChI=1S/C16H15FN4S/c17-12-1-3-13(4-2-12)20-7-9-21(10-8-20)16-19-14-11-18-6-5-15(14)22-16/h1-6,11H,7-10H2. The summed E-state index contributed by atoms with van der Waals surface area (Å²) in [5, 5.41) is 1.06. The molecule has 1 fully saturated rings. The summed E-state index contributed by atoms with van der Waals surface area (Å²) in [4.78, 5) is 13.4. The van der Waals surface area contributed by atoms with Gasteiger partial charge in [-0.25, -0.2) is 9.37 Å². The van der Waals surface area contributed by atoms with Gasteiger partial charge in [0.05, 0.1) is 10.9 Å². The normalized spacial score (nSPS) is 15.5. The van der Waals surface area contributed by atoms with Crippen LogP contribution >= 0.6 is 11.3 Å². The Balaban J connectivity index is 1.48. The van der Waals surface area contributed by atoms with E-state index < -0.39 is 0 Å². The molecule has 0 spiro atoms. The average Bonchev–Trinajstić information content (AvgIpc) is 3.00. The lowest BCUT2D eigenvalue weighted by Gasteiger charge is -2.35. The summed E-state index contributed by atoms with van der Waals surface area (Å²) in [6.07, 6.45) is 3.61. The third-order valence-corrected chi connectivity index (χ3v) is 5.02. The Labute approximate surface area is 131 Å². The topological polar surface area (TPSA) is 32.3 Å². The second-order valence-electron chi connectivity index (χ2n) is 5.29. The van der Waals surface area contributed by atoms with Gasteiger partial charge in [0.15, 0.2) is 5.13 Å². The quantitative estimate of drug-likeness (QED) is 0.727. The van der Waals surface area contributed by atoms with E-state index in [0.717, 1.165) is 42.5 Å². The van der Waals surface area contributed by atoms with Gasteiger partial charge in [-0.3, -0.25) is 4.98 Å². The first kappa shape index (κ1) is 13.5. The smallest absolute Gasteiger partial charge is 0.186 e. The highest BCUT2D eigenvalue weighted by molar-refractivity contribution is 7.22. The number of piperazine rings is 1. The molecule has 0 unspecified atom stereocenters. The Morgan fingerprint density at radius 3 is 2.41 bits per heavy atom. The Morgan fingerprint density at radius 1 is 0.955 bits per heavy atom. The van der Waals surface area contributed by atoms with Crippen LogP contribution in [-0.4, -0.2) is 36.1 Å². The summed E-state index contributed by atoms with van der Waals surface area (Å²) in [5.41, 5.74) is 2.04. The number of hydrogen-bond acceptors (Lipinski definition) is 5. The van der Waals surface area contributed by atoms with Gasteiger partial charge in [-0.2, -0.15) is 0 Å². The number of halogens is 1. The van der Waals surface area contributed by atoms with E-state index in [1.54, 1.807) is 17.5 Å². The van der Waals surface area contributed by atoms with Crippen LogP contribution in [-0.2, 0) is 0 Å². The minimum absolute atomic E-state index is 0.189. The third-order valence-electron chi connectivity index (χ3n) is 3.92. The van der Waals surface area contributed by atoms with Gasteiger partial charge in [-0.1, -0.05) is 11.3 Å². The van der Waals surface area contributed by atoms with Crippen molar-refractivity contribution in [2.75, 3.05) is 36.0 Å². The monoisotopic (exact) mass is 314 g/mol. The number of aromatic nitrogens is 2. The lowest BCUT2D eigenvalue weighted by molar-refractivity contribution is 0.624. The zero-order valence-electron chi connectivity index (χ0n) is 11.9. The van der Waals surface area contributed by atoms with Gasteiger partial charge in [-0.05, 0) is 30.3 Å². The second kappa shape index (κ2) is 5.53. The van der Waals surface area contributed by atoms with Crippen molar-refractivity contribution in [3.05, 3.63) is 48.5 Å². The zero-order valence-corrected chi connectivity index (χ0v) is 12.8. The van der Waals surface area contributed by atoms with Gasteiger partial charge in [0, 0.05) is 38.1 Å². The van der Waals surface area contributed by atoms with Crippen LogP contribution in [0.1, 0.15) is 0 Å². The number of thiazole rings is 1. The highest BCUT2D eigenvalue weighted by Crippen LogP contribution is 2.29. The third kappa shape index (κ3) is 2.50. The minimum Gasteiger partial charge on any atom is -0.368 e. The van der Waals surface area contributed by atoms with Crippen molar-refractivity contribution in [3.63, 3.8) is 0 Å². The van der Waals surface area contributed by atoms with E-state index in [2.05, 4.69) is 19.8 Å². The Kier molecular flexibility index (Phi) is 3.38. The molecule has 0 saturated carbocycles. The first-order valence-corrected chi connectivity index (χ1v) is 8.07. The number of fused-ring (bicyclic) bond motifs is 1. The van der Waals surface area contributed by atoms with Gasteiger partial charge in [0.2, 0.25) is 0 Å². The molecule has 1 aliphatic rings. The molecule has 2 aromatic heterocycles. The van der Waals surface area contributed by atoms with Gasteiger partial charge >= 0.3 is 0 Å². The van der Waals surface area contributed by atoms with E-state index in [0.29, 0.717) is 0 Å². The van der Waals surface area contributed by atoms with Crippen LogP contribution in [0.4, 0.5) is 15.2 Å². The van der Waals surface area contributed by atoms with Crippen molar-refractivity contribution in [2.45, 2.75) is 0 Å². The number of anilines is 2. The molecule has 0 radical (unpaired) electrons. The van der Waals surface area contributed by atoms with Gasteiger partial charge in [0.1, 0.15) is 11.3 Å². The van der Waals surface area contributed by atoms with Crippen LogP contribution in [0.2, 0.25) is 0 Å². The molecule has 1 aliphatic heterocycles. The lowest BCUT2D eigenvalue weighted by atomic mass is 10.2. The van der Waals surface area contributed by atoms with Gasteiger partial charge in [0.25, 0.3) is 0 Å². The van der Waals surface area contributed by atoms with Crippen molar-refractivity contribution in [1.29, 1.82) is 0 Å². The number of nitrogens with zero attached hydrogens (tertiary/aromatic N) is 4. The van der Waals surface area contributed by atoms with Crippen molar-refractivity contribution in [1.82, 2.24) is 9.97 Å². The number of pyridine rings is 1. The summed E-state index contributed by atoms with van der Waals surface area (Å²) in [5.74, 6) is -0.189. The van der Waals surface area contributed by atoms with E-state index in [-0.39, 0.29) is 5.82 Å². The number of rotatable bonds is 2. The van der Waals surface area contributed by atoms with E-state index in [1.165, 1.54) is 16.8 Å². The van der Waals surface area contributed by atoms with Crippen LogP contribution in [0.15, 0.2) is 42.7 Å². The molecule has 0 bridgehead atoms. The van der Waals surface area contributed by atoms with Crippen LogP contribution in [0.3, 0.4) is 0 Å². The SMILES string of the molecule is Fc1ccc(N2CCN(c3nc4cnccc4s3)CC2)cc1. The maximum absolute atomic E-state index is 13.0. The average molecular weight is 314 g/mol. The fraction of sp³-hybridized carbons (Fsp3) is 0.250. The molecule has 1 saturated heterocycles. The summed E-state index contributed by atoms with van der Waals surface area (Å²) < 4.78 is 14.2. The molecule has 22 heavy (non-hydrogen) atoms. The maximum Gasteiger partial charge on any atom is 0.186 e. The molecule has 0 amide bonds. The van der Waals surface area contributed by atoms with Crippen LogP contribution in [0.5, 0.6) is 0 Å². The molecule has 3 aromatic rings. The predicted molar refractivity (Wildman–Crippen MR) is 88.2 cm³/mol. The summed E-state index contributed by atoms with van der Waals surface area (Å²) >= 11 is 1.71. The Morgan fingerprint density at radius 2 is 1.68 bits per heavy atom. The fourth-order valence-electron chi connectivity index (χ4n) is 2.71. The molecular formula is C16H15FN4S. The molecule has 1 aromatic carbocycles. The number of benzene rings is 1. The molecule has 112 valence electrons. The predicted octanol–water partition coefficient (Wildman–Crippen LogP) is 3.16.